The number of thioether (sulfide) groups is 1. The summed E-state index contributed by atoms with van der Waals surface area (Å²) in [5, 5.41) is 3.66. The third-order valence-corrected chi connectivity index (χ3v) is 5.24. The van der Waals surface area contributed by atoms with Gasteiger partial charge in [0.15, 0.2) is 0 Å². The fourth-order valence-corrected chi connectivity index (χ4v) is 4.24. The minimum atomic E-state index is 0.374. The Labute approximate surface area is 94.8 Å². The van der Waals surface area contributed by atoms with Gasteiger partial charge in [-0.25, -0.2) is 0 Å². The van der Waals surface area contributed by atoms with Gasteiger partial charge in [0.25, 0.3) is 0 Å². The molecule has 15 heavy (non-hydrogen) atoms. The van der Waals surface area contributed by atoms with Crippen molar-refractivity contribution in [3.05, 3.63) is 23.7 Å². The average Bonchev–Trinajstić information content (AvgIpc) is 2.85. The van der Waals surface area contributed by atoms with Crippen molar-refractivity contribution in [2.75, 3.05) is 12.3 Å². The first-order valence-corrected chi connectivity index (χ1v) is 6.72. The third kappa shape index (κ3) is 1.53. The van der Waals surface area contributed by atoms with Crippen molar-refractivity contribution in [2.45, 2.75) is 37.0 Å². The average molecular weight is 223 g/mol. The minimum Gasteiger partial charge on any atom is -0.469 e. The van der Waals surface area contributed by atoms with Crippen LogP contribution in [0.5, 0.6) is 0 Å². The van der Waals surface area contributed by atoms with Crippen LogP contribution in [-0.4, -0.2) is 17.0 Å². The summed E-state index contributed by atoms with van der Waals surface area (Å²) in [6.07, 6.45) is 5.56. The first kappa shape index (κ1) is 9.79. The van der Waals surface area contributed by atoms with Crippen LogP contribution in [0.3, 0.4) is 0 Å². The zero-order valence-corrected chi connectivity index (χ0v) is 9.90. The first-order valence-electron chi connectivity index (χ1n) is 5.73. The van der Waals surface area contributed by atoms with Crippen LogP contribution >= 0.6 is 11.8 Å². The molecule has 2 atom stereocenters. The third-order valence-electron chi connectivity index (χ3n) is 3.65. The van der Waals surface area contributed by atoms with Crippen LogP contribution in [-0.2, 0) is 6.42 Å². The molecule has 1 aromatic heterocycles. The van der Waals surface area contributed by atoms with Gasteiger partial charge in [0, 0.05) is 23.3 Å². The van der Waals surface area contributed by atoms with E-state index in [4.69, 9.17) is 4.42 Å². The molecule has 1 aromatic rings. The fourth-order valence-electron chi connectivity index (χ4n) is 2.82. The Balaban J connectivity index is 1.95. The smallest absolute Gasteiger partial charge is 0.109 e. The van der Waals surface area contributed by atoms with Crippen LogP contribution in [0.15, 0.2) is 16.7 Å². The number of rotatable bonds is 1. The van der Waals surface area contributed by atoms with Crippen molar-refractivity contribution in [2.24, 2.45) is 0 Å². The standard InChI is InChI=1S/C12H17NOS/c1-12(5-2-8-15-12)11-9-4-7-14-10(9)3-6-13-11/h4,7,11,13H,2-3,5-6,8H2,1H3. The summed E-state index contributed by atoms with van der Waals surface area (Å²) in [6.45, 7) is 3.45. The number of fused-ring (bicyclic) bond motifs is 1. The number of furan rings is 1. The van der Waals surface area contributed by atoms with Gasteiger partial charge in [-0.3, -0.25) is 0 Å². The summed E-state index contributed by atoms with van der Waals surface area (Å²) in [6, 6.07) is 2.64. The second-order valence-corrected chi connectivity index (χ2v) is 6.33. The van der Waals surface area contributed by atoms with Crippen molar-refractivity contribution in [3.8, 4) is 0 Å². The molecule has 0 aromatic carbocycles. The molecule has 3 heterocycles. The van der Waals surface area contributed by atoms with E-state index in [2.05, 4.69) is 30.1 Å². The maximum absolute atomic E-state index is 5.54. The lowest BCUT2D eigenvalue weighted by Crippen LogP contribution is -2.41. The molecule has 0 aliphatic carbocycles. The summed E-state index contributed by atoms with van der Waals surface area (Å²) in [5.74, 6) is 2.51. The Morgan fingerprint density at radius 1 is 1.60 bits per heavy atom. The molecular weight excluding hydrogens is 206 g/mol. The van der Waals surface area contributed by atoms with Gasteiger partial charge in [0.2, 0.25) is 0 Å². The molecule has 1 saturated heterocycles. The Morgan fingerprint density at radius 2 is 2.53 bits per heavy atom. The lowest BCUT2D eigenvalue weighted by Gasteiger charge is -2.36. The first-order chi connectivity index (χ1) is 7.30. The summed E-state index contributed by atoms with van der Waals surface area (Å²) in [5.41, 5.74) is 1.40. The summed E-state index contributed by atoms with van der Waals surface area (Å²) >= 11 is 2.11. The Bertz CT molecular complexity index is 354. The van der Waals surface area contributed by atoms with Gasteiger partial charge in [-0.1, -0.05) is 0 Å². The van der Waals surface area contributed by atoms with E-state index in [0.29, 0.717) is 10.8 Å². The van der Waals surface area contributed by atoms with Crippen LogP contribution in [0.4, 0.5) is 0 Å². The van der Waals surface area contributed by atoms with Gasteiger partial charge >= 0.3 is 0 Å². The van der Waals surface area contributed by atoms with Gasteiger partial charge < -0.3 is 9.73 Å². The predicted octanol–water partition coefficient (Wildman–Crippen LogP) is 2.75. The second-order valence-electron chi connectivity index (χ2n) is 4.70. The van der Waals surface area contributed by atoms with Crippen LogP contribution in [0.2, 0.25) is 0 Å². The lowest BCUT2D eigenvalue weighted by molar-refractivity contribution is 0.371. The van der Waals surface area contributed by atoms with E-state index in [1.54, 1.807) is 0 Å². The zero-order chi connectivity index (χ0) is 10.3. The molecule has 2 unspecified atom stereocenters. The highest BCUT2D eigenvalue weighted by molar-refractivity contribution is 8.00. The highest BCUT2D eigenvalue weighted by atomic mass is 32.2. The molecule has 0 saturated carbocycles. The monoisotopic (exact) mass is 223 g/mol. The topological polar surface area (TPSA) is 25.2 Å². The van der Waals surface area contributed by atoms with E-state index in [0.717, 1.165) is 13.0 Å². The molecule has 2 nitrogen and oxygen atoms in total. The molecule has 0 radical (unpaired) electrons. The fraction of sp³-hybridized carbons (Fsp3) is 0.667. The lowest BCUT2D eigenvalue weighted by atomic mass is 9.88. The molecular formula is C12H17NOS. The molecule has 0 bridgehead atoms. The van der Waals surface area contributed by atoms with Crippen LogP contribution < -0.4 is 5.32 Å². The maximum Gasteiger partial charge on any atom is 0.109 e. The molecule has 82 valence electrons. The van der Waals surface area contributed by atoms with Gasteiger partial charge in [-0.05, 0) is 31.6 Å². The molecule has 0 amide bonds. The summed E-state index contributed by atoms with van der Waals surface area (Å²) in [4.78, 5) is 0. The number of nitrogens with one attached hydrogen (secondary N) is 1. The van der Waals surface area contributed by atoms with Crippen LogP contribution in [0.1, 0.15) is 37.1 Å². The minimum absolute atomic E-state index is 0.374. The zero-order valence-electron chi connectivity index (χ0n) is 9.08. The van der Waals surface area contributed by atoms with Crippen LogP contribution in [0, 0.1) is 0 Å². The molecule has 3 heteroatoms. The highest BCUT2D eigenvalue weighted by Crippen LogP contribution is 2.48. The van der Waals surface area contributed by atoms with Gasteiger partial charge in [-0.2, -0.15) is 11.8 Å². The van der Waals surface area contributed by atoms with E-state index in [1.165, 1.54) is 29.9 Å². The van der Waals surface area contributed by atoms with Crippen molar-refractivity contribution in [3.63, 3.8) is 0 Å². The molecule has 2 aliphatic rings. The normalized spacial score (nSPS) is 35.4. The van der Waals surface area contributed by atoms with Gasteiger partial charge in [-0.15, -0.1) is 0 Å². The Morgan fingerprint density at radius 3 is 3.33 bits per heavy atom. The van der Waals surface area contributed by atoms with Crippen molar-refractivity contribution in [1.29, 1.82) is 0 Å². The molecule has 0 spiro atoms. The van der Waals surface area contributed by atoms with E-state index >= 15 is 0 Å². The Kier molecular flexibility index (Phi) is 2.33. The molecule has 1 N–H and O–H groups in total. The quantitative estimate of drug-likeness (QED) is 0.792. The van der Waals surface area contributed by atoms with Crippen molar-refractivity contribution < 1.29 is 4.42 Å². The van der Waals surface area contributed by atoms with Crippen LogP contribution in [0.25, 0.3) is 0 Å². The van der Waals surface area contributed by atoms with Crippen molar-refractivity contribution in [1.82, 2.24) is 5.32 Å². The highest BCUT2D eigenvalue weighted by Gasteiger charge is 2.41. The van der Waals surface area contributed by atoms with E-state index in [9.17, 15) is 0 Å². The molecule has 2 aliphatic heterocycles. The van der Waals surface area contributed by atoms with E-state index in [-0.39, 0.29) is 0 Å². The SMILES string of the molecule is CC1(C2NCCc3occc32)CCCS1. The Hall–Kier alpha value is -0.410. The number of hydrogen-bond acceptors (Lipinski definition) is 3. The molecule has 1 fully saturated rings. The maximum atomic E-state index is 5.54. The van der Waals surface area contributed by atoms with Gasteiger partial charge in [0.1, 0.15) is 5.76 Å². The van der Waals surface area contributed by atoms with Gasteiger partial charge in [0.05, 0.1) is 12.3 Å². The largest absolute Gasteiger partial charge is 0.469 e. The van der Waals surface area contributed by atoms with E-state index in [1.807, 2.05) is 6.26 Å². The predicted molar refractivity (Wildman–Crippen MR) is 63.3 cm³/mol. The second kappa shape index (κ2) is 3.56. The summed E-state index contributed by atoms with van der Waals surface area (Å²) < 4.78 is 5.92. The van der Waals surface area contributed by atoms with Crippen molar-refractivity contribution >= 4 is 11.8 Å². The molecule has 3 rings (SSSR count). The summed E-state index contributed by atoms with van der Waals surface area (Å²) in [7, 11) is 0. The van der Waals surface area contributed by atoms with E-state index < -0.39 is 0 Å². The number of hydrogen-bond donors (Lipinski definition) is 1.